The largest absolute Gasteiger partial charge is 0.458 e. The summed E-state index contributed by atoms with van der Waals surface area (Å²) in [7, 11) is 0. The van der Waals surface area contributed by atoms with Gasteiger partial charge in [-0.3, -0.25) is 0 Å². The number of rotatable bonds is 0. The smallest absolute Gasteiger partial charge is 0.423 e. The van der Waals surface area contributed by atoms with Crippen LogP contribution in [0.25, 0.3) is 0 Å². The van der Waals surface area contributed by atoms with Crippen LogP contribution in [-0.2, 0) is 9.53 Å². The lowest BCUT2D eigenvalue weighted by Gasteiger charge is -2.02. The monoisotopic (exact) mass is 152 g/mol. The molecule has 0 amide bonds. The minimum atomic E-state index is -4.56. The van der Waals surface area contributed by atoms with Gasteiger partial charge in [-0.25, -0.2) is 4.79 Å². The maximum Gasteiger partial charge on any atom is 0.423 e. The van der Waals surface area contributed by atoms with Crippen molar-refractivity contribution in [3.05, 3.63) is 11.6 Å². The molecule has 1 aliphatic heterocycles. The summed E-state index contributed by atoms with van der Waals surface area (Å²) in [5.41, 5.74) is -1.20. The predicted octanol–water partition coefficient (Wildman–Crippen LogP) is 1.03. The minimum Gasteiger partial charge on any atom is -0.458 e. The number of cyclic esters (lactones) is 1. The summed E-state index contributed by atoms with van der Waals surface area (Å²) in [5, 5.41) is 0. The molecule has 0 bridgehead atoms. The van der Waals surface area contributed by atoms with Crippen LogP contribution in [0, 0.1) is 0 Å². The summed E-state index contributed by atoms with van der Waals surface area (Å²) in [6.45, 7) is -0.270. The molecule has 0 fully saturated rings. The highest BCUT2D eigenvalue weighted by Gasteiger charge is 2.41. The maximum absolute atomic E-state index is 11.6. The molecule has 0 aromatic rings. The number of alkyl halides is 3. The van der Waals surface area contributed by atoms with Gasteiger partial charge < -0.3 is 4.74 Å². The second-order valence-corrected chi connectivity index (χ2v) is 1.71. The van der Waals surface area contributed by atoms with Crippen molar-refractivity contribution in [2.24, 2.45) is 0 Å². The molecular weight excluding hydrogens is 149 g/mol. The third-order valence-electron chi connectivity index (χ3n) is 1.03. The zero-order valence-corrected chi connectivity index (χ0v) is 4.73. The number of hydrogen-bond donors (Lipinski definition) is 0. The van der Waals surface area contributed by atoms with E-state index in [1.807, 2.05) is 0 Å². The highest BCUT2D eigenvalue weighted by Crippen LogP contribution is 2.28. The molecule has 56 valence electrons. The summed E-state index contributed by atoms with van der Waals surface area (Å²) in [6, 6.07) is 0. The van der Waals surface area contributed by atoms with E-state index in [1.165, 1.54) is 0 Å². The van der Waals surface area contributed by atoms with E-state index in [1.54, 1.807) is 0 Å². The van der Waals surface area contributed by atoms with Crippen molar-refractivity contribution >= 4 is 5.97 Å². The van der Waals surface area contributed by atoms with Gasteiger partial charge in [-0.2, -0.15) is 13.2 Å². The Hall–Kier alpha value is -1.00. The Morgan fingerprint density at radius 3 is 2.30 bits per heavy atom. The molecule has 0 unspecified atom stereocenters. The second-order valence-electron chi connectivity index (χ2n) is 1.71. The van der Waals surface area contributed by atoms with Crippen molar-refractivity contribution in [2.45, 2.75) is 6.18 Å². The summed E-state index contributed by atoms with van der Waals surface area (Å²) in [6.07, 6.45) is -3.84. The van der Waals surface area contributed by atoms with Gasteiger partial charge in [-0.15, -0.1) is 0 Å². The molecule has 0 aromatic carbocycles. The van der Waals surface area contributed by atoms with Crippen LogP contribution in [0.5, 0.6) is 0 Å². The fraction of sp³-hybridized carbons (Fsp3) is 0.400. The second kappa shape index (κ2) is 2.00. The number of hydrogen-bond acceptors (Lipinski definition) is 2. The average molecular weight is 152 g/mol. The van der Waals surface area contributed by atoms with Gasteiger partial charge in [-0.05, 0) is 6.08 Å². The molecule has 1 aliphatic rings. The van der Waals surface area contributed by atoms with Gasteiger partial charge in [0.15, 0.2) is 0 Å². The molecule has 2 nitrogen and oxygen atoms in total. The van der Waals surface area contributed by atoms with Crippen molar-refractivity contribution in [3.63, 3.8) is 0 Å². The Morgan fingerprint density at radius 1 is 1.50 bits per heavy atom. The van der Waals surface area contributed by atoms with Crippen LogP contribution in [-0.4, -0.2) is 18.8 Å². The van der Waals surface area contributed by atoms with E-state index < -0.39 is 17.7 Å². The van der Waals surface area contributed by atoms with E-state index in [-0.39, 0.29) is 6.61 Å². The summed E-state index contributed by atoms with van der Waals surface area (Å²) < 4.78 is 39.0. The first-order valence-corrected chi connectivity index (χ1v) is 2.46. The van der Waals surface area contributed by atoms with Gasteiger partial charge >= 0.3 is 12.1 Å². The van der Waals surface area contributed by atoms with Crippen LogP contribution in [0.2, 0.25) is 0 Å². The number of ether oxygens (including phenoxy) is 1. The molecule has 0 aliphatic carbocycles. The van der Waals surface area contributed by atoms with E-state index in [4.69, 9.17) is 0 Å². The first-order chi connectivity index (χ1) is 4.52. The number of carbonyl (C=O) groups excluding carboxylic acids is 1. The van der Waals surface area contributed by atoms with Gasteiger partial charge in [0.1, 0.15) is 12.2 Å². The lowest BCUT2D eigenvalue weighted by atomic mass is 10.3. The Bertz CT molecular complexity index is 192. The average Bonchev–Trinajstić information content (AvgIpc) is 2.11. The van der Waals surface area contributed by atoms with Gasteiger partial charge in [0.25, 0.3) is 0 Å². The lowest BCUT2D eigenvalue weighted by Crippen LogP contribution is -2.17. The lowest BCUT2D eigenvalue weighted by molar-refractivity contribution is -0.146. The third kappa shape index (κ3) is 1.12. The number of esters is 1. The highest BCUT2D eigenvalue weighted by atomic mass is 19.4. The molecule has 0 N–H and O–H groups in total. The Labute approximate surface area is 54.3 Å². The first kappa shape index (κ1) is 7.11. The van der Waals surface area contributed by atoms with Crippen LogP contribution in [0.4, 0.5) is 13.2 Å². The molecule has 10 heavy (non-hydrogen) atoms. The van der Waals surface area contributed by atoms with Crippen molar-refractivity contribution < 1.29 is 22.7 Å². The van der Waals surface area contributed by atoms with Crippen LogP contribution in [0.3, 0.4) is 0 Å². The van der Waals surface area contributed by atoms with Gasteiger partial charge in [0.2, 0.25) is 0 Å². The van der Waals surface area contributed by atoms with Crippen LogP contribution in [0.1, 0.15) is 0 Å². The maximum atomic E-state index is 11.6. The molecule has 0 atom stereocenters. The fourth-order valence-corrected chi connectivity index (χ4v) is 0.593. The van der Waals surface area contributed by atoms with Gasteiger partial charge in [-0.1, -0.05) is 0 Å². The van der Waals surface area contributed by atoms with Crippen LogP contribution in [0.15, 0.2) is 11.6 Å². The van der Waals surface area contributed by atoms with Crippen molar-refractivity contribution in [2.75, 3.05) is 6.61 Å². The molecule has 1 heterocycles. The fourth-order valence-electron chi connectivity index (χ4n) is 0.593. The van der Waals surface area contributed by atoms with E-state index >= 15 is 0 Å². The zero-order chi connectivity index (χ0) is 7.78. The summed E-state index contributed by atoms with van der Waals surface area (Å²) >= 11 is 0. The SMILES string of the molecule is O=C1OCC=C1C(F)(F)F. The predicted molar refractivity (Wildman–Crippen MR) is 25.1 cm³/mol. The van der Waals surface area contributed by atoms with E-state index in [0.29, 0.717) is 0 Å². The number of halogens is 3. The molecule has 5 heteroatoms. The van der Waals surface area contributed by atoms with Crippen molar-refractivity contribution in [1.82, 2.24) is 0 Å². The zero-order valence-electron chi connectivity index (χ0n) is 4.73. The van der Waals surface area contributed by atoms with Crippen LogP contribution >= 0.6 is 0 Å². The van der Waals surface area contributed by atoms with Gasteiger partial charge in [0.05, 0.1) is 0 Å². The molecule has 0 aromatic heterocycles. The molecule has 0 saturated heterocycles. The first-order valence-electron chi connectivity index (χ1n) is 2.46. The quantitative estimate of drug-likeness (QED) is 0.484. The number of carbonyl (C=O) groups is 1. The standard InChI is InChI=1S/C5H3F3O2/c6-5(7,8)3-1-2-10-4(3)9/h1H,2H2. The minimum absolute atomic E-state index is 0.270. The molecule has 0 radical (unpaired) electrons. The van der Waals surface area contributed by atoms with E-state index in [0.717, 1.165) is 6.08 Å². The summed E-state index contributed by atoms with van der Waals surface area (Å²) in [5.74, 6) is -1.28. The van der Waals surface area contributed by atoms with Crippen molar-refractivity contribution in [3.8, 4) is 0 Å². The Balaban J connectivity index is 2.82. The van der Waals surface area contributed by atoms with E-state index in [2.05, 4.69) is 4.74 Å². The third-order valence-corrected chi connectivity index (χ3v) is 1.03. The summed E-state index contributed by atoms with van der Waals surface area (Å²) in [4.78, 5) is 10.2. The molecule has 0 saturated carbocycles. The Morgan fingerprint density at radius 2 is 2.10 bits per heavy atom. The topological polar surface area (TPSA) is 26.3 Å². The molecule has 1 rings (SSSR count). The van der Waals surface area contributed by atoms with Crippen LogP contribution < -0.4 is 0 Å². The van der Waals surface area contributed by atoms with E-state index in [9.17, 15) is 18.0 Å². The Kier molecular flexibility index (Phi) is 1.42. The van der Waals surface area contributed by atoms with Gasteiger partial charge in [0, 0.05) is 0 Å². The normalized spacial score (nSPS) is 18.7. The molecular formula is C5H3F3O2. The highest BCUT2D eigenvalue weighted by molar-refractivity contribution is 5.91. The molecule has 0 spiro atoms. The van der Waals surface area contributed by atoms with Crippen molar-refractivity contribution in [1.29, 1.82) is 0 Å².